The number of benzene rings is 1. The maximum atomic E-state index is 12.3. The number of rotatable bonds is 6. The van der Waals surface area contributed by atoms with Gasteiger partial charge in [0.15, 0.2) is 0 Å². The van der Waals surface area contributed by atoms with E-state index in [1.807, 2.05) is 0 Å². The Labute approximate surface area is 149 Å². The summed E-state index contributed by atoms with van der Waals surface area (Å²) in [4.78, 5) is 3.64. The van der Waals surface area contributed by atoms with Crippen molar-refractivity contribution in [2.45, 2.75) is 16.3 Å². The summed E-state index contributed by atoms with van der Waals surface area (Å²) in [5.41, 5.74) is 1.15. The minimum absolute atomic E-state index is 0.0790. The molecule has 0 aliphatic carbocycles. The van der Waals surface area contributed by atoms with Gasteiger partial charge in [-0.2, -0.15) is 0 Å². The van der Waals surface area contributed by atoms with Gasteiger partial charge in [-0.25, -0.2) is 31.4 Å². The van der Waals surface area contributed by atoms with Crippen LogP contribution in [-0.2, 0) is 26.6 Å². The van der Waals surface area contributed by atoms with Crippen molar-refractivity contribution in [2.75, 3.05) is 0 Å². The molecular weight excluding hydrogens is 380 g/mol. The molecule has 2 heterocycles. The number of pyridine rings is 1. The van der Waals surface area contributed by atoms with Gasteiger partial charge in [0.2, 0.25) is 20.0 Å². The second-order valence-corrected chi connectivity index (χ2v) is 8.53. The lowest BCUT2D eigenvalue weighted by Crippen LogP contribution is -2.23. The lowest BCUT2D eigenvalue weighted by molar-refractivity contribution is 0.579. The predicted molar refractivity (Wildman–Crippen MR) is 91.0 cm³/mol. The summed E-state index contributed by atoms with van der Waals surface area (Å²) < 4.78 is 50.9. The lowest BCUT2D eigenvalue weighted by Gasteiger charge is -2.06. The smallest absolute Gasteiger partial charge is 0.240 e. The quantitative estimate of drug-likeness (QED) is 0.587. The molecule has 0 amide bonds. The van der Waals surface area contributed by atoms with Gasteiger partial charge in [-0.3, -0.25) is 4.98 Å². The summed E-state index contributed by atoms with van der Waals surface area (Å²) in [7, 11) is -7.73. The van der Waals surface area contributed by atoms with E-state index in [0.29, 0.717) is 5.69 Å². The first-order valence-corrected chi connectivity index (χ1v) is 10.2. The molecular formula is C14H14N6O4S2. The van der Waals surface area contributed by atoms with Crippen LogP contribution in [0.15, 0.2) is 64.8 Å². The van der Waals surface area contributed by atoms with E-state index in [0.717, 1.165) is 30.0 Å². The van der Waals surface area contributed by atoms with Gasteiger partial charge in [0.1, 0.15) is 0 Å². The molecule has 2 aromatic heterocycles. The second-order valence-electron chi connectivity index (χ2n) is 5.20. The summed E-state index contributed by atoms with van der Waals surface area (Å²) in [5.74, 6) is 0. The lowest BCUT2D eigenvalue weighted by atomic mass is 10.4. The van der Waals surface area contributed by atoms with Crippen LogP contribution in [0.2, 0.25) is 0 Å². The van der Waals surface area contributed by atoms with E-state index in [2.05, 4.69) is 20.0 Å². The molecule has 0 aliphatic heterocycles. The number of sulfonamides is 2. The zero-order chi connectivity index (χ0) is 18.8. The fraction of sp³-hybridized carbons (Fsp3) is 0.0714. The van der Waals surface area contributed by atoms with Crippen molar-refractivity contribution in [1.82, 2.24) is 24.7 Å². The Hall–Kier alpha value is -2.67. The maximum absolute atomic E-state index is 12.3. The van der Waals surface area contributed by atoms with Crippen LogP contribution >= 0.6 is 0 Å². The van der Waals surface area contributed by atoms with Gasteiger partial charge in [-0.05, 0) is 36.4 Å². The molecule has 0 fully saturated rings. The number of nitrogens with two attached hydrogens (primary N) is 1. The van der Waals surface area contributed by atoms with E-state index >= 15 is 0 Å². The van der Waals surface area contributed by atoms with Gasteiger partial charge in [0.25, 0.3) is 0 Å². The Balaban J connectivity index is 1.72. The molecule has 3 N–H and O–H groups in total. The number of aromatic nitrogens is 4. The van der Waals surface area contributed by atoms with Gasteiger partial charge in [-0.1, -0.05) is 5.21 Å². The third-order valence-corrected chi connectivity index (χ3v) is 5.72. The number of nitrogens with one attached hydrogen (secondary N) is 1. The van der Waals surface area contributed by atoms with Gasteiger partial charge < -0.3 is 0 Å². The van der Waals surface area contributed by atoms with Gasteiger partial charge in [0, 0.05) is 12.4 Å². The Morgan fingerprint density at radius 1 is 0.962 bits per heavy atom. The van der Waals surface area contributed by atoms with Crippen molar-refractivity contribution in [3.8, 4) is 5.69 Å². The van der Waals surface area contributed by atoms with Crippen molar-refractivity contribution in [2.24, 2.45) is 5.14 Å². The molecule has 3 rings (SSSR count). The van der Waals surface area contributed by atoms with Crippen molar-refractivity contribution in [1.29, 1.82) is 0 Å². The first kappa shape index (κ1) is 18.1. The molecule has 10 nitrogen and oxygen atoms in total. The molecule has 0 aliphatic rings. The van der Waals surface area contributed by atoms with Gasteiger partial charge in [-0.15, -0.1) is 5.10 Å². The molecule has 0 atom stereocenters. The third kappa shape index (κ3) is 4.11. The standard InChI is InChI=1S/C14H14N6O4S2/c15-25(21,22)13-1-3-14(4-2-13)26(23,24)17-9-11-10-20(19-18-11)12-5-7-16-8-6-12/h1-8,10,17H,9H2,(H2,15,21,22). The molecule has 12 heteroatoms. The molecule has 0 spiro atoms. The Morgan fingerprint density at radius 2 is 1.58 bits per heavy atom. The van der Waals surface area contributed by atoms with Crippen molar-refractivity contribution in [3.63, 3.8) is 0 Å². The topological polar surface area (TPSA) is 150 Å². The van der Waals surface area contributed by atoms with Crippen LogP contribution in [0.5, 0.6) is 0 Å². The predicted octanol–water partition coefficient (Wildman–Crippen LogP) is -0.212. The van der Waals surface area contributed by atoms with Gasteiger partial charge >= 0.3 is 0 Å². The molecule has 0 saturated carbocycles. The SMILES string of the molecule is NS(=O)(=O)c1ccc(S(=O)(=O)NCc2cn(-c3ccncc3)nn2)cc1. The van der Waals surface area contributed by atoms with Crippen LogP contribution in [0.1, 0.15) is 5.69 Å². The average molecular weight is 394 g/mol. The van der Waals surface area contributed by atoms with Crippen LogP contribution in [0.3, 0.4) is 0 Å². The van der Waals surface area contributed by atoms with E-state index in [4.69, 9.17) is 5.14 Å². The summed E-state index contributed by atoms with van der Waals surface area (Å²) in [6, 6.07) is 8.05. The highest BCUT2D eigenvalue weighted by Crippen LogP contribution is 2.13. The fourth-order valence-electron chi connectivity index (χ4n) is 2.06. The van der Waals surface area contributed by atoms with E-state index in [-0.39, 0.29) is 16.3 Å². The van der Waals surface area contributed by atoms with Crippen LogP contribution < -0.4 is 9.86 Å². The Kier molecular flexibility index (Phi) is 4.82. The van der Waals surface area contributed by atoms with Crippen molar-refractivity contribution >= 4 is 20.0 Å². The van der Waals surface area contributed by atoms with Crippen molar-refractivity contribution in [3.05, 3.63) is 60.7 Å². The van der Waals surface area contributed by atoms with Crippen LogP contribution in [-0.4, -0.2) is 36.8 Å². The minimum Gasteiger partial charge on any atom is -0.265 e. The normalized spacial score (nSPS) is 12.2. The first-order valence-electron chi connectivity index (χ1n) is 7.20. The monoisotopic (exact) mass is 394 g/mol. The Morgan fingerprint density at radius 3 is 2.19 bits per heavy atom. The average Bonchev–Trinajstić information content (AvgIpc) is 3.09. The molecule has 0 bridgehead atoms. The van der Waals surface area contributed by atoms with E-state index in [1.165, 1.54) is 4.68 Å². The van der Waals surface area contributed by atoms with E-state index in [1.54, 1.807) is 30.7 Å². The zero-order valence-electron chi connectivity index (χ0n) is 13.2. The molecule has 136 valence electrons. The number of nitrogens with zero attached hydrogens (tertiary/aromatic N) is 4. The molecule has 1 aromatic carbocycles. The highest BCUT2D eigenvalue weighted by molar-refractivity contribution is 7.89. The number of hydrogen-bond donors (Lipinski definition) is 2. The summed E-state index contributed by atoms with van der Waals surface area (Å²) >= 11 is 0. The fourth-order valence-corrected chi connectivity index (χ4v) is 3.58. The molecule has 0 saturated heterocycles. The largest absolute Gasteiger partial charge is 0.265 e. The van der Waals surface area contributed by atoms with Crippen LogP contribution in [0.25, 0.3) is 5.69 Å². The van der Waals surface area contributed by atoms with E-state index < -0.39 is 20.0 Å². The van der Waals surface area contributed by atoms with Crippen LogP contribution in [0, 0.1) is 0 Å². The first-order chi connectivity index (χ1) is 12.3. The number of hydrogen-bond acceptors (Lipinski definition) is 7. The minimum atomic E-state index is -3.88. The summed E-state index contributed by atoms with van der Waals surface area (Å²) in [6.45, 7) is -0.0790. The molecule has 0 unspecified atom stereocenters. The molecule has 0 radical (unpaired) electrons. The maximum Gasteiger partial charge on any atom is 0.240 e. The zero-order valence-corrected chi connectivity index (χ0v) is 14.9. The Bertz CT molecular complexity index is 1110. The van der Waals surface area contributed by atoms with E-state index in [9.17, 15) is 16.8 Å². The van der Waals surface area contributed by atoms with Crippen molar-refractivity contribution < 1.29 is 16.8 Å². The second kappa shape index (κ2) is 6.92. The van der Waals surface area contributed by atoms with Crippen LogP contribution in [0.4, 0.5) is 0 Å². The summed E-state index contributed by atoms with van der Waals surface area (Å²) in [6.07, 6.45) is 4.79. The highest BCUT2D eigenvalue weighted by Gasteiger charge is 2.16. The highest BCUT2D eigenvalue weighted by atomic mass is 32.2. The third-order valence-electron chi connectivity index (χ3n) is 3.37. The van der Waals surface area contributed by atoms with Gasteiger partial charge in [0.05, 0.1) is 33.9 Å². The molecule has 3 aromatic rings. The summed E-state index contributed by atoms with van der Waals surface area (Å²) in [5, 5.41) is 12.8. The molecule has 26 heavy (non-hydrogen) atoms. The number of primary sulfonamides is 1.